The van der Waals surface area contributed by atoms with Crippen molar-refractivity contribution in [3.8, 4) is 5.75 Å². The zero-order valence-corrected chi connectivity index (χ0v) is 16.9. The molecule has 0 fully saturated rings. The summed E-state index contributed by atoms with van der Waals surface area (Å²) >= 11 is 11.7. The molecule has 0 bridgehead atoms. The van der Waals surface area contributed by atoms with Crippen molar-refractivity contribution >= 4 is 56.3 Å². The van der Waals surface area contributed by atoms with Crippen LogP contribution in [0.25, 0.3) is 0 Å². The van der Waals surface area contributed by atoms with Crippen LogP contribution in [0.1, 0.15) is 5.56 Å². The molecule has 1 aromatic heterocycles. The summed E-state index contributed by atoms with van der Waals surface area (Å²) < 4.78 is 32.9. The van der Waals surface area contributed by atoms with Gasteiger partial charge >= 0.3 is 0 Å². The molecule has 0 unspecified atom stereocenters. The van der Waals surface area contributed by atoms with Gasteiger partial charge in [0.15, 0.2) is 5.75 Å². The van der Waals surface area contributed by atoms with Gasteiger partial charge in [-0.3, -0.25) is 10.1 Å². The van der Waals surface area contributed by atoms with E-state index in [2.05, 4.69) is 10.0 Å². The number of amidine groups is 1. The van der Waals surface area contributed by atoms with E-state index in [0.29, 0.717) is 23.8 Å². The van der Waals surface area contributed by atoms with Crippen LogP contribution in [0.5, 0.6) is 5.75 Å². The molecule has 1 aliphatic rings. The molecule has 0 spiro atoms. The number of rotatable bonds is 4. The minimum atomic E-state index is -4.12. The lowest BCUT2D eigenvalue weighted by molar-refractivity contribution is 0.459. The van der Waals surface area contributed by atoms with Gasteiger partial charge in [0.1, 0.15) is 10.7 Å². The van der Waals surface area contributed by atoms with Crippen LogP contribution in [0.3, 0.4) is 0 Å². The third-order valence-electron chi connectivity index (χ3n) is 4.30. The molecule has 0 aliphatic carbocycles. The maximum Gasteiger partial charge on any atom is 0.265 e. The quantitative estimate of drug-likeness (QED) is 0.468. The van der Waals surface area contributed by atoms with E-state index in [4.69, 9.17) is 33.0 Å². The van der Waals surface area contributed by atoms with Crippen molar-refractivity contribution in [1.29, 1.82) is 5.41 Å². The van der Waals surface area contributed by atoms with Crippen LogP contribution < -0.4 is 14.9 Å². The van der Waals surface area contributed by atoms with Gasteiger partial charge in [0.2, 0.25) is 5.88 Å². The summed E-state index contributed by atoms with van der Waals surface area (Å²) in [6.07, 6.45) is 1.51. The Hall–Kier alpha value is -2.88. The second-order valence-corrected chi connectivity index (χ2v) is 8.66. The number of aromatic hydroxyl groups is 1. The summed E-state index contributed by atoms with van der Waals surface area (Å²) in [5, 5.41) is 21.3. The molecule has 0 saturated heterocycles. The van der Waals surface area contributed by atoms with Crippen molar-refractivity contribution in [3.05, 3.63) is 64.3 Å². The van der Waals surface area contributed by atoms with Gasteiger partial charge in [-0.2, -0.15) is 0 Å². The van der Waals surface area contributed by atoms with Crippen molar-refractivity contribution < 1.29 is 17.9 Å². The van der Waals surface area contributed by atoms with Crippen LogP contribution in [-0.2, 0) is 10.0 Å². The standard InChI is InChI=1S/C18H14Cl2N4O4S/c19-10-7-14(20)16(25)15(8-10)29(26,27)23-11-1-3-12(4-2-11)24-9-22-18-13(17(24)21)5-6-28-18/h1-8,21-23,25H,9H2. The van der Waals surface area contributed by atoms with Crippen LogP contribution in [0.15, 0.2) is 58.0 Å². The number of phenolic OH excluding ortho intramolecular Hbond substituents is 1. The Morgan fingerprint density at radius 3 is 2.62 bits per heavy atom. The number of phenols is 1. The summed E-state index contributed by atoms with van der Waals surface area (Å²) in [5.41, 5.74) is 1.59. The highest BCUT2D eigenvalue weighted by molar-refractivity contribution is 7.92. The summed E-state index contributed by atoms with van der Waals surface area (Å²) in [6, 6.07) is 10.5. The predicted molar refractivity (Wildman–Crippen MR) is 112 cm³/mol. The molecule has 150 valence electrons. The first kappa shape index (κ1) is 19.4. The fraction of sp³-hybridized carbons (Fsp3) is 0.0556. The molecular weight excluding hydrogens is 439 g/mol. The topological polar surface area (TPSA) is 119 Å². The maximum absolute atomic E-state index is 12.6. The molecule has 3 aromatic rings. The number of hydrogen-bond acceptors (Lipinski definition) is 6. The Bertz CT molecular complexity index is 1210. The van der Waals surface area contributed by atoms with E-state index in [-0.39, 0.29) is 21.6 Å². The molecule has 2 heterocycles. The van der Waals surface area contributed by atoms with Gasteiger partial charge in [-0.15, -0.1) is 0 Å². The van der Waals surface area contributed by atoms with Crippen LogP contribution in [0.4, 0.5) is 17.3 Å². The van der Waals surface area contributed by atoms with Crippen molar-refractivity contribution in [1.82, 2.24) is 0 Å². The van der Waals surface area contributed by atoms with Gasteiger partial charge in [0.25, 0.3) is 10.0 Å². The zero-order chi connectivity index (χ0) is 20.8. The van der Waals surface area contributed by atoms with E-state index in [0.717, 1.165) is 6.07 Å². The third kappa shape index (κ3) is 3.59. The van der Waals surface area contributed by atoms with Gasteiger partial charge < -0.3 is 19.7 Å². The van der Waals surface area contributed by atoms with Crippen LogP contribution in [0.2, 0.25) is 10.0 Å². The molecule has 0 amide bonds. The van der Waals surface area contributed by atoms with Gasteiger partial charge in [-0.05, 0) is 42.5 Å². The normalized spacial score (nSPS) is 13.7. The van der Waals surface area contributed by atoms with E-state index in [1.54, 1.807) is 35.2 Å². The average molecular weight is 453 g/mol. The Labute approximate surface area is 176 Å². The maximum atomic E-state index is 12.6. The Kier molecular flexibility index (Phi) is 4.81. The summed E-state index contributed by atoms with van der Waals surface area (Å²) in [4.78, 5) is 1.28. The smallest absolute Gasteiger partial charge is 0.265 e. The number of nitrogens with zero attached hydrogens (tertiary/aromatic N) is 1. The first-order valence-corrected chi connectivity index (χ1v) is 10.5. The molecule has 0 radical (unpaired) electrons. The minimum absolute atomic E-state index is 0.0817. The molecule has 4 rings (SSSR count). The third-order valence-corrected chi connectivity index (χ3v) is 6.20. The molecule has 2 aromatic carbocycles. The highest BCUT2D eigenvalue weighted by atomic mass is 35.5. The molecule has 29 heavy (non-hydrogen) atoms. The second kappa shape index (κ2) is 7.18. The number of benzene rings is 2. The van der Waals surface area contributed by atoms with E-state index < -0.39 is 20.7 Å². The predicted octanol–water partition coefficient (Wildman–Crippen LogP) is 4.31. The second-order valence-electron chi connectivity index (χ2n) is 6.16. The van der Waals surface area contributed by atoms with E-state index in [1.807, 2.05) is 0 Å². The van der Waals surface area contributed by atoms with Crippen molar-refractivity contribution in [3.63, 3.8) is 0 Å². The average Bonchev–Trinajstić information content (AvgIpc) is 3.15. The van der Waals surface area contributed by atoms with Crippen molar-refractivity contribution in [2.45, 2.75) is 4.90 Å². The monoisotopic (exact) mass is 452 g/mol. The number of halogens is 2. The summed E-state index contributed by atoms with van der Waals surface area (Å²) in [6.45, 7) is 0.333. The van der Waals surface area contributed by atoms with Gasteiger partial charge in [-0.25, -0.2) is 8.42 Å². The summed E-state index contributed by atoms with van der Waals surface area (Å²) in [7, 11) is -4.12. The molecule has 4 N–H and O–H groups in total. The lowest BCUT2D eigenvalue weighted by Crippen LogP contribution is -2.39. The molecule has 0 saturated carbocycles. The lowest BCUT2D eigenvalue weighted by atomic mass is 10.2. The van der Waals surface area contributed by atoms with E-state index in [1.165, 1.54) is 12.3 Å². The number of nitrogens with one attached hydrogen (secondary N) is 3. The molecule has 11 heteroatoms. The van der Waals surface area contributed by atoms with Crippen molar-refractivity contribution in [2.75, 3.05) is 21.6 Å². The van der Waals surface area contributed by atoms with Gasteiger partial charge in [-0.1, -0.05) is 23.2 Å². The van der Waals surface area contributed by atoms with E-state index in [9.17, 15) is 13.5 Å². The number of furan rings is 1. The number of anilines is 3. The number of fused-ring (bicyclic) bond motifs is 1. The van der Waals surface area contributed by atoms with Crippen molar-refractivity contribution in [2.24, 2.45) is 0 Å². The molecule has 8 nitrogen and oxygen atoms in total. The van der Waals surface area contributed by atoms with Crippen LogP contribution in [-0.4, -0.2) is 26.0 Å². The van der Waals surface area contributed by atoms with Gasteiger partial charge in [0.05, 0.1) is 23.5 Å². The molecule has 1 aliphatic heterocycles. The van der Waals surface area contributed by atoms with Crippen LogP contribution >= 0.6 is 23.2 Å². The molecular formula is C18H14Cl2N4O4S. The largest absolute Gasteiger partial charge is 0.505 e. The fourth-order valence-corrected chi connectivity index (χ4v) is 4.71. The zero-order valence-electron chi connectivity index (χ0n) is 14.6. The van der Waals surface area contributed by atoms with Gasteiger partial charge in [0, 0.05) is 16.4 Å². The first-order chi connectivity index (χ1) is 13.8. The Balaban J connectivity index is 1.57. The SMILES string of the molecule is N=C1c2ccoc2NCN1c1ccc(NS(=O)(=O)c2cc(Cl)cc(Cl)c2O)cc1. The van der Waals surface area contributed by atoms with Crippen LogP contribution in [0, 0.1) is 5.41 Å². The Morgan fingerprint density at radius 2 is 1.90 bits per heavy atom. The van der Waals surface area contributed by atoms with E-state index >= 15 is 0 Å². The highest BCUT2D eigenvalue weighted by Gasteiger charge is 2.25. The minimum Gasteiger partial charge on any atom is -0.505 e. The first-order valence-electron chi connectivity index (χ1n) is 8.25. The number of sulfonamides is 1. The summed E-state index contributed by atoms with van der Waals surface area (Å²) in [5.74, 6) is 0.221. The fourth-order valence-electron chi connectivity index (χ4n) is 2.90. The number of hydrogen-bond donors (Lipinski definition) is 4. The highest BCUT2D eigenvalue weighted by Crippen LogP contribution is 2.35. The Morgan fingerprint density at radius 1 is 1.17 bits per heavy atom. The molecule has 0 atom stereocenters. The lowest BCUT2D eigenvalue weighted by Gasteiger charge is -2.29.